The van der Waals surface area contributed by atoms with Crippen molar-refractivity contribution >= 4 is 11.5 Å². The molecule has 1 unspecified atom stereocenters. The zero-order chi connectivity index (χ0) is 10.9. The third-order valence-electron chi connectivity index (χ3n) is 2.38. The van der Waals surface area contributed by atoms with Crippen LogP contribution in [-0.2, 0) is 6.54 Å². The smallest absolute Gasteiger partial charge is 0.0893 e. The predicted octanol–water partition coefficient (Wildman–Crippen LogP) is 1.43. The monoisotopic (exact) mass is 229 g/mol. The van der Waals surface area contributed by atoms with Crippen LogP contribution in [-0.4, -0.2) is 27.8 Å². The second-order valence-corrected chi connectivity index (χ2v) is 4.30. The zero-order valence-corrected chi connectivity index (χ0v) is 9.96. The highest BCUT2D eigenvalue weighted by molar-refractivity contribution is 7.03. The number of aromatic nitrogens is 2. The molecule has 0 aliphatic carbocycles. The molecule has 0 amide bonds. The lowest BCUT2D eigenvalue weighted by molar-refractivity contribution is 0.248. The van der Waals surface area contributed by atoms with Crippen molar-refractivity contribution in [3.63, 3.8) is 0 Å². The van der Waals surface area contributed by atoms with Crippen molar-refractivity contribution in [2.24, 2.45) is 5.92 Å². The minimum atomic E-state index is 0.282. The van der Waals surface area contributed by atoms with Crippen molar-refractivity contribution in [1.82, 2.24) is 14.9 Å². The van der Waals surface area contributed by atoms with Gasteiger partial charge in [-0.2, -0.15) is 0 Å². The highest BCUT2D eigenvalue weighted by Crippen LogP contribution is 2.09. The van der Waals surface area contributed by atoms with Gasteiger partial charge in [0.2, 0.25) is 0 Å². The Balaban J connectivity index is 2.15. The van der Waals surface area contributed by atoms with Crippen molar-refractivity contribution in [3.05, 3.63) is 11.1 Å². The molecule has 1 atom stereocenters. The van der Waals surface area contributed by atoms with Crippen LogP contribution in [0.25, 0.3) is 0 Å². The Morgan fingerprint density at radius 2 is 2.40 bits per heavy atom. The van der Waals surface area contributed by atoms with Crippen molar-refractivity contribution < 1.29 is 5.11 Å². The molecular formula is C10H19N3OS. The van der Waals surface area contributed by atoms with Crippen LogP contribution in [0.1, 0.15) is 31.9 Å². The molecule has 0 aromatic carbocycles. The van der Waals surface area contributed by atoms with E-state index in [1.807, 2.05) is 5.38 Å². The second-order valence-electron chi connectivity index (χ2n) is 3.69. The summed E-state index contributed by atoms with van der Waals surface area (Å²) in [5, 5.41) is 18.2. The van der Waals surface area contributed by atoms with Crippen LogP contribution < -0.4 is 5.32 Å². The fraction of sp³-hybridized carbons (Fsp3) is 0.800. The summed E-state index contributed by atoms with van der Waals surface area (Å²) in [7, 11) is 0. The number of hydrogen-bond acceptors (Lipinski definition) is 5. The normalized spacial score (nSPS) is 12.9. The van der Waals surface area contributed by atoms with Crippen LogP contribution in [0.5, 0.6) is 0 Å². The molecule has 1 rings (SSSR count). The standard InChI is InChI=1S/C10H19N3OS/c1-2-3-9(4-5-14)6-11-7-10-8-15-13-12-10/h8-9,11,14H,2-7H2,1H3. The van der Waals surface area contributed by atoms with Gasteiger partial charge >= 0.3 is 0 Å². The lowest BCUT2D eigenvalue weighted by Gasteiger charge is -2.14. The molecule has 0 radical (unpaired) electrons. The number of rotatable bonds is 8. The quantitative estimate of drug-likeness (QED) is 0.708. The van der Waals surface area contributed by atoms with Gasteiger partial charge in [0.15, 0.2) is 0 Å². The Kier molecular flexibility index (Phi) is 6.47. The minimum Gasteiger partial charge on any atom is -0.396 e. The molecule has 5 heteroatoms. The zero-order valence-electron chi connectivity index (χ0n) is 9.15. The van der Waals surface area contributed by atoms with E-state index in [0.29, 0.717) is 5.92 Å². The third-order valence-corrected chi connectivity index (χ3v) is 2.93. The van der Waals surface area contributed by atoms with Crippen LogP contribution in [0.15, 0.2) is 5.38 Å². The van der Waals surface area contributed by atoms with E-state index in [1.165, 1.54) is 24.4 Å². The van der Waals surface area contributed by atoms with Crippen molar-refractivity contribution in [2.45, 2.75) is 32.7 Å². The number of nitrogens with one attached hydrogen (secondary N) is 1. The van der Waals surface area contributed by atoms with Gasteiger partial charge < -0.3 is 10.4 Å². The summed E-state index contributed by atoms with van der Waals surface area (Å²) in [6.45, 7) is 4.19. The van der Waals surface area contributed by atoms with E-state index in [-0.39, 0.29) is 6.61 Å². The molecule has 0 fully saturated rings. The van der Waals surface area contributed by atoms with Crippen molar-refractivity contribution in [1.29, 1.82) is 0 Å². The lowest BCUT2D eigenvalue weighted by Crippen LogP contribution is -2.23. The van der Waals surface area contributed by atoms with E-state index in [2.05, 4.69) is 21.8 Å². The Hall–Kier alpha value is -0.520. The van der Waals surface area contributed by atoms with Crippen LogP contribution in [0.2, 0.25) is 0 Å². The fourth-order valence-electron chi connectivity index (χ4n) is 1.60. The van der Waals surface area contributed by atoms with E-state index < -0.39 is 0 Å². The Morgan fingerprint density at radius 1 is 1.53 bits per heavy atom. The molecule has 1 aromatic heterocycles. The predicted molar refractivity (Wildman–Crippen MR) is 61.7 cm³/mol. The summed E-state index contributed by atoms with van der Waals surface area (Å²) < 4.78 is 3.80. The van der Waals surface area contributed by atoms with Gasteiger partial charge in [0.05, 0.1) is 5.69 Å². The number of aliphatic hydroxyl groups is 1. The van der Waals surface area contributed by atoms with E-state index in [4.69, 9.17) is 5.11 Å². The van der Waals surface area contributed by atoms with Crippen LogP contribution in [0, 0.1) is 5.92 Å². The number of nitrogens with zero attached hydrogens (tertiary/aromatic N) is 2. The molecule has 0 aliphatic rings. The largest absolute Gasteiger partial charge is 0.396 e. The summed E-state index contributed by atoms with van der Waals surface area (Å²) in [5.41, 5.74) is 0.999. The fourth-order valence-corrected chi connectivity index (χ4v) is 2.06. The van der Waals surface area contributed by atoms with Gasteiger partial charge in [0.1, 0.15) is 0 Å². The maximum absolute atomic E-state index is 8.90. The molecule has 86 valence electrons. The molecule has 15 heavy (non-hydrogen) atoms. The topological polar surface area (TPSA) is 58.0 Å². The van der Waals surface area contributed by atoms with Gasteiger partial charge in [-0.3, -0.25) is 0 Å². The molecule has 2 N–H and O–H groups in total. The summed E-state index contributed by atoms with van der Waals surface area (Å²) >= 11 is 1.38. The van der Waals surface area contributed by atoms with E-state index in [1.54, 1.807) is 0 Å². The minimum absolute atomic E-state index is 0.282. The average molecular weight is 229 g/mol. The van der Waals surface area contributed by atoms with Gasteiger partial charge in [-0.15, -0.1) is 5.10 Å². The molecule has 0 aliphatic heterocycles. The Morgan fingerprint density at radius 3 is 3.00 bits per heavy atom. The molecule has 0 bridgehead atoms. The highest BCUT2D eigenvalue weighted by Gasteiger charge is 2.06. The van der Waals surface area contributed by atoms with Crippen LogP contribution >= 0.6 is 11.5 Å². The van der Waals surface area contributed by atoms with E-state index in [0.717, 1.165) is 25.2 Å². The SMILES string of the molecule is CCCC(CCO)CNCc1csnn1. The van der Waals surface area contributed by atoms with Gasteiger partial charge in [0.25, 0.3) is 0 Å². The first-order valence-electron chi connectivity index (χ1n) is 5.44. The summed E-state index contributed by atoms with van der Waals surface area (Å²) in [6.07, 6.45) is 3.23. The summed E-state index contributed by atoms with van der Waals surface area (Å²) in [5.74, 6) is 0.576. The summed E-state index contributed by atoms with van der Waals surface area (Å²) in [6, 6.07) is 0. The van der Waals surface area contributed by atoms with E-state index >= 15 is 0 Å². The molecule has 4 nitrogen and oxygen atoms in total. The van der Waals surface area contributed by atoms with Crippen LogP contribution in [0.4, 0.5) is 0 Å². The second kappa shape index (κ2) is 7.73. The van der Waals surface area contributed by atoms with Gasteiger partial charge in [-0.05, 0) is 36.8 Å². The molecule has 1 aromatic rings. The first-order valence-corrected chi connectivity index (χ1v) is 6.28. The molecule has 0 spiro atoms. The first kappa shape index (κ1) is 12.5. The van der Waals surface area contributed by atoms with Gasteiger partial charge in [0, 0.05) is 18.5 Å². The molecule has 0 saturated carbocycles. The molecule has 0 saturated heterocycles. The first-order chi connectivity index (χ1) is 7.36. The van der Waals surface area contributed by atoms with Crippen molar-refractivity contribution in [2.75, 3.05) is 13.2 Å². The maximum atomic E-state index is 8.90. The molecule has 1 heterocycles. The average Bonchev–Trinajstić information content (AvgIpc) is 2.71. The number of hydrogen-bond donors (Lipinski definition) is 2. The highest BCUT2D eigenvalue weighted by atomic mass is 32.1. The maximum Gasteiger partial charge on any atom is 0.0893 e. The lowest BCUT2D eigenvalue weighted by atomic mass is 10.0. The van der Waals surface area contributed by atoms with E-state index in [9.17, 15) is 0 Å². The number of aliphatic hydroxyl groups excluding tert-OH is 1. The Bertz CT molecular complexity index is 235. The summed E-state index contributed by atoms with van der Waals surface area (Å²) in [4.78, 5) is 0. The Labute approximate surface area is 94.9 Å². The van der Waals surface area contributed by atoms with Crippen LogP contribution in [0.3, 0.4) is 0 Å². The van der Waals surface area contributed by atoms with Gasteiger partial charge in [-0.25, -0.2) is 0 Å². The van der Waals surface area contributed by atoms with Gasteiger partial charge in [-0.1, -0.05) is 17.8 Å². The third kappa shape index (κ3) is 5.20. The molecular weight excluding hydrogens is 210 g/mol. The van der Waals surface area contributed by atoms with Crippen molar-refractivity contribution in [3.8, 4) is 0 Å².